The molecule has 0 aromatic heterocycles. The van der Waals surface area contributed by atoms with Gasteiger partial charge in [-0.1, -0.05) is 26.0 Å². The van der Waals surface area contributed by atoms with Crippen LogP contribution in [0.3, 0.4) is 0 Å². The molecule has 0 unspecified atom stereocenters. The Morgan fingerprint density at radius 1 is 1.17 bits per heavy atom. The molecule has 24 heavy (non-hydrogen) atoms. The normalized spacial score (nSPS) is 47.0. The minimum absolute atomic E-state index is 0.220. The highest BCUT2D eigenvalue weighted by Gasteiger charge is 2.57. The fourth-order valence-electron chi connectivity index (χ4n) is 6.92. The highest BCUT2D eigenvalue weighted by atomic mass is 16.2. The van der Waals surface area contributed by atoms with Gasteiger partial charge in [0.25, 0.3) is 0 Å². The number of aliphatic hydroxyl groups excluding tert-OH is 1. The third-order valence-corrected chi connectivity index (χ3v) is 8.42. The zero-order valence-corrected chi connectivity index (χ0v) is 15.3. The molecule has 0 spiro atoms. The quantitative estimate of drug-likeness (QED) is 0.816. The summed E-state index contributed by atoms with van der Waals surface area (Å²) in [7, 11) is 0. The van der Waals surface area contributed by atoms with Crippen LogP contribution >= 0.6 is 0 Å². The van der Waals surface area contributed by atoms with E-state index >= 15 is 0 Å². The average Bonchev–Trinajstić information content (AvgIpc) is 2.90. The molecule has 1 N–H and O–H groups in total. The van der Waals surface area contributed by atoms with Crippen LogP contribution in [0.15, 0.2) is 23.8 Å². The van der Waals surface area contributed by atoms with Crippen molar-refractivity contribution in [1.82, 2.24) is 0 Å². The van der Waals surface area contributed by atoms with Crippen molar-refractivity contribution in [2.45, 2.75) is 65.2 Å². The standard InChI is InChI=1S/C22H32O2/c1-21-12-10-20-18(19(21)8-6-15(21)4-3-13-23)7-5-16-14-17(24)9-11-22(16,20)2/h5,7,14-15,18-20,23H,3-4,6,8-13H2,1-2H3/t15-,18-,19-,20-,21+,22-/m0/s1. The first-order valence-corrected chi connectivity index (χ1v) is 10.0. The second kappa shape index (κ2) is 5.83. The highest BCUT2D eigenvalue weighted by molar-refractivity contribution is 5.92. The fraction of sp³-hybridized carbons (Fsp3) is 0.773. The molecule has 0 radical (unpaired) electrons. The highest BCUT2D eigenvalue weighted by Crippen LogP contribution is 2.65. The van der Waals surface area contributed by atoms with Crippen molar-refractivity contribution in [2.24, 2.45) is 34.5 Å². The number of fused-ring (bicyclic) bond motifs is 5. The lowest BCUT2D eigenvalue weighted by Gasteiger charge is -2.56. The van der Waals surface area contributed by atoms with E-state index in [0.29, 0.717) is 23.7 Å². The van der Waals surface area contributed by atoms with Gasteiger partial charge in [0.1, 0.15) is 0 Å². The predicted octanol–water partition coefficient (Wildman–Crippen LogP) is 4.68. The molecule has 4 aliphatic carbocycles. The Hall–Kier alpha value is -0.890. The summed E-state index contributed by atoms with van der Waals surface area (Å²) in [5.74, 6) is 3.32. The number of rotatable bonds is 3. The molecule has 132 valence electrons. The number of carbonyl (C=O) groups is 1. The van der Waals surface area contributed by atoms with E-state index in [0.717, 1.165) is 37.0 Å². The molecule has 0 bridgehead atoms. The second-order valence-corrected chi connectivity index (χ2v) is 9.32. The van der Waals surface area contributed by atoms with Gasteiger partial charge in [-0.15, -0.1) is 0 Å². The topological polar surface area (TPSA) is 37.3 Å². The molecule has 2 nitrogen and oxygen atoms in total. The molecule has 2 heteroatoms. The van der Waals surface area contributed by atoms with Crippen LogP contribution in [0.1, 0.15) is 65.2 Å². The maximum absolute atomic E-state index is 11.9. The molecule has 0 aliphatic heterocycles. The molecule has 0 aromatic rings. The fourth-order valence-corrected chi connectivity index (χ4v) is 6.92. The maximum Gasteiger partial charge on any atom is 0.156 e. The number of allylic oxidation sites excluding steroid dienone is 4. The van der Waals surface area contributed by atoms with Crippen molar-refractivity contribution in [3.8, 4) is 0 Å². The molecule has 4 aliphatic rings. The monoisotopic (exact) mass is 328 g/mol. The summed E-state index contributed by atoms with van der Waals surface area (Å²) < 4.78 is 0. The second-order valence-electron chi connectivity index (χ2n) is 9.32. The van der Waals surface area contributed by atoms with Crippen LogP contribution in [0.4, 0.5) is 0 Å². The number of carbonyl (C=O) groups excluding carboxylic acids is 1. The van der Waals surface area contributed by atoms with Crippen LogP contribution in [0.5, 0.6) is 0 Å². The summed E-state index contributed by atoms with van der Waals surface area (Å²) in [6, 6.07) is 0. The average molecular weight is 328 g/mol. The van der Waals surface area contributed by atoms with Gasteiger partial charge in [0.15, 0.2) is 5.78 Å². The van der Waals surface area contributed by atoms with Gasteiger partial charge in [-0.2, -0.15) is 0 Å². The van der Waals surface area contributed by atoms with E-state index in [4.69, 9.17) is 0 Å². The van der Waals surface area contributed by atoms with Crippen molar-refractivity contribution in [2.75, 3.05) is 6.61 Å². The summed E-state index contributed by atoms with van der Waals surface area (Å²) in [4.78, 5) is 11.9. The van der Waals surface area contributed by atoms with Gasteiger partial charge < -0.3 is 5.11 Å². The smallest absolute Gasteiger partial charge is 0.156 e. The van der Waals surface area contributed by atoms with Crippen LogP contribution in [0, 0.1) is 34.5 Å². The minimum atomic E-state index is 0.220. The number of aliphatic hydroxyl groups is 1. The molecule has 0 amide bonds. The molecule has 0 aromatic carbocycles. The molecule has 0 saturated heterocycles. The summed E-state index contributed by atoms with van der Waals surface area (Å²) in [6.07, 6.45) is 16.0. The predicted molar refractivity (Wildman–Crippen MR) is 96.4 cm³/mol. The van der Waals surface area contributed by atoms with Crippen molar-refractivity contribution in [3.63, 3.8) is 0 Å². The van der Waals surface area contributed by atoms with Crippen LogP contribution in [-0.4, -0.2) is 17.5 Å². The van der Waals surface area contributed by atoms with Gasteiger partial charge in [0.2, 0.25) is 0 Å². The first kappa shape index (κ1) is 16.6. The van der Waals surface area contributed by atoms with Crippen LogP contribution in [0.2, 0.25) is 0 Å². The van der Waals surface area contributed by atoms with Crippen LogP contribution in [-0.2, 0) is 4.79 Å². The van der Waals surface area contributed by atoms with Gasteiger partial charge >= 0.3 is 0 Å². The van der Waals surface area contributed by atoms with Gasteiger partial charge in [-0.05, 0) is 91.1 Å². The molecular formula is C22H32O2. The number of ketones is 1. The summed E-state index contributed by atoms with van der Waals surface area (Å²) in [6.45, 7) is 5.30. The lowest BCUT2D eigenvalue weighted by molar-refractivity contribution is -0.116. The van der Waals surface area contributed by atoms with Crippen molar-refractivity contribution in [1.29, 1.82) is 0 Å². The Morgan fingerprint density at radius 3 is 2.79 bits per heavy atom. The molecule has 6 atom stereocenters. The van der Waals surface area contributed by atoms with E-state index in [2.05, 4.69) is 26.0 Å². The largest absolute Gasteiger partial charge is 0.396 e. The van der Waals surface area contributed by atoms with Crippen LogP contribution < -0.4 is 0 Å². The first-order chi connectivity index (χ1) is 11.5. The Bertz CT molecular complexity index is 589. The van der Waals surface area contributed by atoms with E-state index in [1.54, 1.807) is 0 Å². The van der Waals surface area contributed by atoms with Gasteiger partial charge in [0, 0.05) is 13.0 Å². The number of hydrogen-bond donors (Lipinski definition) is 1. The number of hydrogen-bond acceptors (Lipinski definition) is 2. The third-order valence-electron chi connectivity index (χ3n) is 8.42. The van der Waals surface area contributed by atoms with Gasteiger partial charge in [-0.25, -0.2) is 0 Å². The Balaban J connectivity index is 1.64. The molecule has 2 fully saturated rings. The van der Waals surface area contributed by atoms with E-state index in [-0.39, 0.29) is 5.41 Å². The van der Waals surface area contributed by atoms with E-state index in [9.17, 15) is 9.90 Å². The Morgan fingerprint density at radius 2 is 2.00 bits per heavy atom. The molecule has 4 rings (SSSR count). The van der Waals surface area contributed by atoms with Crippen LogP contribution in [0.25, 0.3) is 0 Å². The zero-order chi connectivity index (χ0) is 16.9. The Labute approximate surface area is 146 Å². The van der Waals surface area contributed by atoms with Crippen molar-refractivity contribution < 1.29 is 9.90 Å². The minimum Gasteiger partial charge on any atom is -0.396 e. The molecular weight excluding hydrogens is 296 g/mol. The summed E-state index contributed by atoms with van der Waals surface area (Å²) >= 11 is 0. The SMILES string of the molecule is C[C@]12CC[C@H]3[C@@H](C=CC4=CC(=O)CC[C@@]43C)[C@@H]1CC[C@@H]2CCCO. The lowest BCUT2D eigenvalue weighted by Crippen LogP contribution is -2.48. The van der Waals surface area contributed by atoms with Crippen molar-refractivity contribution >= 4 is 5.78 Å². The molecule has 0 heterocycles. The molecule has 2 saturated carbocycles. The third kappa shape index (κ3) is 2.29. The van der Waals surface area contributed by atoms with Gasteiger partial charge in [0.05, 0.1) is 0 Å². The Kier molecular flexibility index (Phi) is 4.03. The van der Waals surface area contributed by atoms with E-state index in [1.165, 1.54) is 37.7 Å². The van der Waals surface area contributed by atoms with E-state index < -0.39 is 0 Å². The van der Waals surface area contributed by atoms with E-state index in [1.807, 2.05) is 6.08 Å². The lowest BCUT2D eigenvalue weighted by atomic mass is 9.48. The van der Waals surface area contributed by atoms with Crippen molar-refractivity contribution in [3.05, 3.63) is 23.8 Å². The zero-order valence-electron chi connectivity index (χ0n) is 15.3. The maximum atomic E-state index is 11.9. The summed E-state index contributed by atoms with van der Waals surface area (Å²) in [5.41, 5.74) is 1.99. The van der Waals surface area contributed by atoms with Gasteiger partial charge in [-0.3, -0.25) is 4.79 Å². The first-order valence-electron chi connectivity index (χ1n) is 10.0. The summed E-state index contributed by atoms with van der Waals surface area (Å²) in [5, 5.41) is 9.23.